The average Bonchev–Trinajstić information content (AvgIpc) is 2.53. The highest BCUT2D eigenvalue weighted by Crippen LogP contribution is 2.35. The topological polar surface area (TPSA) is 20.3 Å². The Morgan fingerprint density at radius 2 is 1.81 bits per heavy atom. The second kappa shape index (κ2) is 6.93. The van der Waals surface area contributed by atoms with Crippen molar-refractivity contribution in [3.05, 3.63) is 34.9 Å². The Morgan fingerprint density at radius 3 is 2.62 bits per heavy atom. The molecule has 3 heteroatoms. The van der Waals surface area contributed by atoms with E-state index < -0.39 is 0 Å². The van der Waals surface area contributed by atoms with Crippen molar-refractivity contribution >= 4 is 17.4 Å². The van der Waals surface area contributed by atoms with Gasteiger partial charge in [-0.25, -0.2) is 0 Å². The molecule has 2 nitrogen and oxygen atoms in total. The number of carbonyl (C=O) groups excluding carboxylic acids is 1. The van der Waals surface area contributed by atoms with E-state index in [1.165, 1.54) is 45.1 Å². The molecule has 1 aromatic rings. The lowest BCUT2D eigenvalue weighted by Crippen LogP contribution is -2.47. The molecule has 21 heavy (non-hydrogen) atoms. The first-order valence-electron chi connectivity index (χ1n) is 8.27. The van der Waals surface area contributed by atoms with Crippen molar-refractivity contribution in [1.82, 2.24) is 4.90 Å². The van der Waals surface area contributed by atoms with Crippen LogP contribution in [0.25, 0.3) is 0 Å². The zero-order valence-corrected chi connectivity index (χ0v) is 13.3. The zero-order valence-electron chi connectivity index (χ0n) is 12.6. The van der Waals surface area contributed by atoms with E-state index in [0.29, 0.717) is 11.4 Å². The quantitative estimate of drug-likeness (QED) is 0.760. The maximum atomic E-state index is 12.3. The van der Waals surface area contributed by atoms with E-state index in [4.69, 9.17) is 11.6 Å². The van der Waals surface area contributed by atoms with Gasteiger partial charge in [0, 0.05) is 29.6 Å². The number of benzene rings is 1. The monoisotopic (exact) mass is 305 g/mol. The maximum absolute atomic E-state index is 12.3. The number of likely N-dealkylation sites (tertiary alicyclic amines) is 1. The Bertz CT molecular complexity index is 482. The first kappa shape index (κ1) is 15.1. The number of piperidine rings is 1. The fraction of sp³-hybridized carbons (Fsp3) is 0.611. The van der Waals surface area contributed by atoms with Crippen molar-refractivity contribution in [2.45, 2.75) is 51.0 Å². The summed E-state index contributed by atoms with van der Waals surface area (Å²) in [7, 11) is 0. The summed E-state index contributed by atoms with van der Waals surface area (Å²) in [5.74, 6) is 1.13. The van der Waals surface area contributed by atoms with Gasteiger partial charge >= 0.3 is 0 Å². The van der Waals surface area contributed by atoms with E-state index in [9.17, 15) is 4.79 Å². The van der Waals surface area contributed by atoms with Crippen LogP contribution in [0.1, 0.15) is 55.3 Å². The number of hydrogen-bond acceptors (Lipinski definition) is 2. The second-order valence-electron chi connectivity index (χ2n) is 6.47. The number of halogens is 1. The summed E-state index contributed by atoms with van der Waals surface area (Å²) in [5.41, 5.74) is 0.789. The molecular formula is C18H24ClNO. The van der Waals surface area contributed by atoms with Gasteiger partial charge in [0.2, 0.25) is 0 Å². The lowest BCUT2D eigenvalue weighted by molar-refractivity contribution is 0.0575. The van der Waals surface area contributed by atoms with Gasteiger partial charge in [0.05, 0.1) is 0 Å². The van der Waals surface area contributed by atoms with Gasteiger partial charge in [-0.3, -0.25) is 9.69 Å². The summed E-state index contributed by atoms with van der Waals surface area (Å²) in [4.78, 5) is 14.9. The summed E-state index contributed by atoms with van der Waals surface area (Å²) in [6.45, 7) is 2.09. The molecule has 1 saturated carbocycles. The Kier molecular flexibility index (Phi) is 4.97. The maximum Gasteiger partial charge on any atom is 0.164 e. The molecule has 0 radical (unpaired) electrons. The highest BCUT2D eigenvalue weighted by molar-refractivity contribution is 6.30. The molecule has 2 atom stereocenters. The Morgan fingerprint density at radius 1 is 1.10 bits per heavy atom. The van der Waals surface area contributed by atoms with Crippen LogP contribution in [-0.4, -0.2) is 29.8 Å². The summed E-state index contributed by atoms with van der Waals surface area (Å²) in [6, 6.07) is 8.01. The Hall–Kier alpha value is -0.860. The van der Waals surface area contributed by atoms with Crippen molar-refractivity contribution < 1.29 is 4.79 Å². The van der Waals surface area contributed by atoms with Crippen molar-refractivity contribution in [2.75, 3.05) is 13.1 Å². The van der Waals surface area contributed by atoms with Gasteiger partial charge in [-0.05, 0) is 62.4 Å². The number of ketones is 1. The van der Waals surface area contributed by atoms with Gasteiger partial charge in [-0.2, -0.15) is 0 Å². The van der Waals surface area contributed by atoms with E-state index in [-0.39, 0.29) is 5.78 Å². The molecule has 0 amide bonds. The predicted molar refractivity (Wildman–Crippen MR) is 87.0 cm³/mol. The molecule has 0 spiro atoms. The van der Waals surface area contributed by atoms with Crippen molar-refractivity contribution in [1.29, 1.82) is 0 Å². The van der Waals surface area contributed by atoms with E-state index in [1.54, 1.807) is 12.1 Å². The predicted octanol–water partition coefficient (Wildman–Crippen LogP) is 4.57. The van der Waals surface area contributed by atoms with Crippen LogP contribution in [0.3, 0.4) is 0 Å². The Balaban J connectivity index is 1.56. The first-order chi connectivity index (χ1) is 10.2. The van der Waals surface area contributed by atoms with E-state index in [2.05, 4.69) is 4.90 Å². The fourth-order valence-electron chi connectivity index (χ4n) is 4.03. The number of hydrogen-bond donors (Lipinski definition) is 0. The summed E-state index contributed by atoms with van der Waals surface area (Å²) in [5, 5.41) is 0.688. The highest BCUT2D eigenvalue weighted by atomic mass is 35.5. The van der Waals surface area contributed by atoms with Crippen molar-refractivity contribution in [3.63, 3.8) is 0 Å². The summed E-state index contributed by atoms with van der Waals surface area (Å²) in [6.07, 6.45) is 8.82. The molecule has 1 heterocycles. The molecule has 0 aromatic heterocycles. The number of rotatable bonds is 4. The molecule has 0 N–H and O–H groups in total. The number of nitrogens with zero attached hydrogens (tertiary/aromatic N) is 1. The fourth-order valence-corrected chi connectivity index (χ4v) is 4.16. The minimum atomic E-state index is 0.240. The minimum Gasteiger partial charge on any atom is -0.300 e. The summed E-state index contributed by atoms with van der Waals surface area (Å²) < 4.78 is 0. The summed E-state index contributed by atoms with van der Waals surface area (Å²) >= 11 is 5.87. The van der Waals surface area contributed by atoms with Crippen molar-refractivity contribution in [3.8, 4) is 0 Å². The van der Waals surface area contributed by atoms with Gasteiger partial charge in [0.1, 0.15) is 0 Å². The van der Waals surface area contributed by atoms with Crippen LogP contribution < -0.4 is 0 Å². The zero-order chi connectivity index (χ0) is 14.7. The number of carbonyl (C=O) groups is 1. The molecule has 114 valence electrons. The van der Waals surface area contributed by atoms with E-state index in [0.717, 1.165) is 24.1 Å². The van der Waals surface area contributed by atoms with E-state index >= 15 is 0 Å². The third-order valence-corrected chi connectivity index (χ3v) is 5.40. The van der Waals surface area contributed by atoms with Crippen LogP contribution in [0.4, 0.5) is 0 Å². The van der Waals surface area contributed by atoms with Gasteiger partial charge in [0.25, 0.3) is 0 Å². The molecule has 1 aliphatic carbocycles. The smallest absolute Gasteiger partial charge is 0.164 e. The van der Waals surface area contributed by atoms with Crippen LogP contribution in [0.5, 0.6) is 0 Å². The van der Waals surface area contributed by atoms with Crippen LogP contribution in [-0.2, 0) is 0 Å². The molecule has 2 aliphatic rings. The third-order valence-electron chi connectivity index (χ3n) is 5.15. The lowest BCUT2D eigenvalue weighted by Gasteiger charge is -2.44. The lowest BCUT2D eigenvalue weighted by atomic mass is 9.78. The van der Waals surface area contributed by atoms with Crippen LogP contribution in [0.2, 0.25) is 5.02 Å². The van der Waals surface area contributed by atoms with Gasteiger partial charge < -0.3 is 0 Å². The number of Topliss-reactive ketones (excluding diaryl/α,β-unsaturated/α-hetero) is 1. The van der Waals surface area contributed by atoms with Crippen molar-refractivity contribution in [2.24, 2.45) is 5.92 Å². The molecule has 0 bridgehead atoms. The minimum absolute atomic E-state index is 0.240. The van der Waals surface area contributed by atoms with Gasteiger partial charge in [-0.1, -0.05) is 24.4 Å². The molecule has 1 saturated heterocycles. The molecule has 3 rings (SSSR count). The Labute approximate surface area is 132 Å². The molecule has 1 aliphatic heterocycles. The molecule has 2 unspecified atom stereocenters. The highest BCUT2D eigenvalue weighted by Gasteiger charge is 2.32. The average molecular weight is 306 g/mol. The second-order valence-corrected chi connectivity index (χ2v) is 6.91. The molecule has 2 fully saturated rings. The van der Waals surface area contributed by atoms with Crippen LogP contribution in [0, 0.1) is 5.92 Å². The van der Waals surface area contributed by atoms with Gasteiger partial charge in [0.15, 0.2) is 5.78 Å². The molecule has 1 aromatic carbocycles. The van der Waals surface area contributed by atoms with Crippen LogP contribution in [0.15, 0.2) is 24.3 Å². The normalized spacial score (nSPS) is 26.3. The van der Waals surface area contributed by atoms with E-state index in [1.807, 2.05) is 12.1 Å². The van der Waals surface area contributed by atoms with Crippen LogP contribution >= 0.6 is 11.6 Å². The SMILES string of the molecule is O=C(CCN1CCCC2CCCCC21)c1ccc(Cl)cc1. The largest absolute Gasteiger partial charge is 0.300 e. The standard InChI is InChI=1S/C18H24ClNO/c19-16-9-7-15(8-10-16)18(21)11-13-20-12-3-5-14-4-1-2-6-17(14)20/h7-10,14,17H,1-6,11-13H2. The first-order valence-corrected chi connectivity index (χ1v) is 8.64. The third kappa shape index (κ3) is 3.67. The number of fused-ring (bicyclic) bond motifs is 1. The molecular weight excluding hydrogens is 282 g/mol. The van der Waals surface area contributed by atoms with Gasteiger partial charge in [-0.15, -0.1) is 0 Å².